The fourth-order valence-corrected chi connectivity index (χ4v) is 4.94. The molecule has 2 N–H and O–H groups in total. The Balaban J connectivity index is 1.49. The number of hydrogen-bond donors (Lipinski definition) is 2. The molecule has 0 aromatic rings. The van der Waals surface area contributed by atoms with Crippen LogP contribution in [0, 0.1) is 11.3 Å². The fourth-order valence-electron chi connectivity index (χ4n) is 4.94. The summed E-state index contributed by atoms with van der Waals surface area (Å²) in [4.78, 5) is 19.3. The summed E-state index contributed by atoms with van der Waals surface area (Å²) in [6, 6.07) is 0.607. The van der Waals surface area contributed by atoms with E-state index >= 15 is 0 Å². The zero-order valence-electron chi connectivity index (χ0n) is 17.8. The molecule has 1 heterocycles. The predicted octanol–water partition coefficient (Wildman–Crippen LogP) is 2.54. The summed E-state index contributed by atoms with van der Waals surface area (Å²) in [5, 5.41) is 7.11. The van der Waals surface area contributed by atoms with Crippen LogP contribution in [0.2, 0.25) is 0 Å². The second-order valence-corrected chi connectivity index (χ2v) is 9.38. The highest BCUT2D eigenvalue weighted by Crippen LogP contribution is 2.51. The molecule has 3 rings (SSSR count). The zero-order valence-corrected chi connectivity index (χ0v) is 17.8. The van der Waals surface area contributed by atoms with Crippen molar-refractivity contribution in [3.63, 3.8) is 0 Å². The molecule has 1 aliphatic heterocycles. The van der Waals surface area contributed by atoms with Crippen LogP contribution >= 0.6 is 0 Å². The third-order valence-electron chi connectivity index (χ3n) is 7.61. The molecule has 6 heteroatoms. The van der Waals surface area contributed by atoms with Gasteiger partial charge in [-0.05, 0) is 32.6 Å². The number of methoxy groups -OCH3 is 1. The van der Waals surface area contributed by atoms with E-state index in [1.807, 2.05) is 7.05 Å². The van der Waals surface area contributed by atoms with Crippen molar-refractivity contribution in [2.75, 3.05) is 27.2 Å². The normalized spacial score (nSPS) is 34.3. The lowest BCUT2D eigenvalue weighted by Gasteiger charge is -2.59. The van der Waals surface area contributed by atoms with Gasteiger partial charge in [0.2, 0.25) is 5.91 Å². The Kier molecular flexibility index (Phi) is 6.04. The Labute approximate surface area is 164 Å². The molecule has 2 saturated carbocycles. The minimum atomic E-state index is -0.0971. The Morgan fingerprint density at radius 1 is 1.11 bits per heavy atom. The van der Waals surface area contributed by atoms with Gasteiger partial charge in [0.1, 0.15) is 0 Å². The summed E-state index contributed by atoms with van der Waals surface area (Å²) in [7, 11) is 3.61. The van der Waals surface area contributed by atoms with E-state index in [0.29, 0.717) is 11.9 Å². The smallest absolute Gasteiger partial charge is 0.225 e. The summed E-state index contributed by atoms with van der Waals surface area (Å²) in [5.41, 5.74) is -0.0574. The third kappa shape index (κ3) is 3.96. The lowest BCUT2D eigenvalue weighted by molar-refractivity contribution is -0.176. The average molecular weight is 379 g/mol. The van der Waals surface area contributed by atoms with Crippen LogP contribution in [0.25, 0.3) is 0 Å². The first kappa shape index (κ1) is 20.4. The van der Waals surface area contributed by atoms with Crippen molar-refractivity contribution in [2.24, 2.45) is 16.3 Å². The van der Waals surface area contributed by atoms with Crippen LogP contribution in [0.4, 0.5) is 0 Å². The molecule has 3 aliphatic rings. The van der Waals surface area contributed by atoms with Crippen molar-refractivity contribution in [3.05, 3.63) is 0 Å². The maximum atomic E-state index is 12.8. The first-order valence-electron chi connectivity index (χ1n) is 10.6. The van der Waals surface area contributed by atoms with Gasteiger partial charge in [-0.15, -0.1) is 0 Å². The highest BCUT2D eigenvalue weighted by atomic mass is 16.5. The van der Waals surface area contributed by atoms with Crippen LogP contribution in [0.3, 0.4) is 0 Å². The van der Waals surface area contributed by atoms with Crippen molar-refractivity contribution in [2.45, 2.75) is 83.4 Å². The van der Waals surface area contributed by atoms with E-state index in [-0.39, 0.29) is 23.0 Å². The largest absolute Gasteiger partial charge is 0.378 e. The van der Waals surface area contributed by atoms with Gasteiger partial charge in [0, 0.05) is 50.7 Å². The number of likely N-dealkylation sites (tertiary alicyclic amines) is 1. The molecule has 154 valence electrons. The lowest BCUT2D eigenvalue weighted by Crippen LogP contribution is -2.69. The van der Waals surface area contributed by atoms with Crippen molar-refractivity contribution in [3.8, 4) is 0 Å². The van der Waals surface area contributed by atoms with Gasteiger partial charge in [0.15, 0.2) is 5.96 Å². The van der Waals surface area contributed by atoms with Gasteiger partial charge < -0.3 is 20.3 Å². The summed E-state index contributed by atoms with van der Waals surface area (Å²) in [6.45, 7) is 8.31. The predicted molar refractivity (Wildman–Crippen MR) is 109 cm³/mol. The van der Waals surface area contributed by atoms with Gasteiger partial charge in [-0.25, -0.2) is 0 Å². The van der Waals surface area contributed by atoms with Gasteiger partial charge in [0.25, 0.3) is 0 Å². The molecule has 6 nitrogen and oxygen atoms in total. The number of rotatable bonds is 4. The molecule has 1 saturated heterocycles. The molecule has 3 atom stereocenters. The van der Waals surface area contributed by atoms with Crippen molar-refractivity contribution in [1.82, 2.24) is 15.5 Å². The first-order chi connectivity index (χ1) is 12.8. The standard InChI is InChI=1S/C21H38N4O2/c1-20(2)17(13-21(20,3)27-5)24-19(22-4)23-16-11-12-25(14-16)18(26)15-9-7-6-8-10-15/h15-17H,6-14H2,1-5H3,(H2,22,23,24). The molecular weight excluding hydrogens is 340 g/mol. The molecule has 3 unspecified atom stereocenters. The summed E-state index contributed by atoms with van der Waals surface area (Å²) in [5.74, 6) is 1.47. The molecule has 27 heavy (non-hydrogen) atoms. The third-order valence-corrected chi connectivity index (χ3v) is 7.61. The van der Waals surface area contributed by atoms with Crippen LogP contribution in [0.15, 0.2) is 4.99 Å². The SMILES string of the molecule is CN=C(NC1CCN(C(=O)C2CCCCC2)C1)NC1CC(C)(OC)C1(C)C. The fraction of sp³-hybridized carbons (Fsp3) is 0.905. The van der Waals surface area contributed by atoms with Crippen molar-refractivity contribution < 1.29 is 9.53 Å². The Morgan fingerprint density at radius 2 is 1.81 bits per heavy atom. The molecule has 3 fully saturated rings. The van der Waals surface area contributed by atoms with Crippen LogP contribution in [0.1, 0.15) is 65.7 Å². The number of amides is 1. The van der Waals surface area contributed by atoms with E-state index in [1.165, 1.54) is 19.3 Å². The minimum absolute atomic E-state index is 0.0397. The van der Waals surface area contributed by atoms with Gasteiger partial charge in [0.05, 0.1) is 5.60 Å². The van der Waals surface area contributed by atoms with E-state index in [9.17, 15) is 4.79 Å². The number of aliphatic imine (C=N–C) groups is 1. The van der Waals surface area contributed by atoms with Gasteiger partial charge >= 0.3 is 0 Å². The topological polar surface area (TPSA) is 66.0 Å². The summed E-state index contributed by atoms with van der Waals surface area (Å²) < 4.78 is 5.72. The molecule has 0 radical (unpaired) electrons. The molecule has 0 spiro atoms. The Bertz CT molecular complexity index is 571. The Hall–Kier alpha value is -1.30. The van der Waals surface area contributed by atoms with Crippen LogP contribution in [0.5, 0.6) is 0 Å². The Morgan fingerprint density at radius 3 is 2.41 bits per heavy atom. The van der Waals surface area contributed by atoms with Crippen LogP contribution in [-0.4, -0.2) is 61.7 Å². The monoisotopic (exact) mass is 378 g/mol. The van der Waals surface area contributed by atoms with Crippen LogP contribution < -0.4 is 10.6 Å². The van der Waals surface area contributed by atoms with Crippen molar-refractivity contribution in [1.29, 1.82) is 0 Å². The molecular formula is C21H38N4O2. The number of nitrogens with zero attached hydrogens (tertiary/aromatic N) is 2. The van der Waals surface area contributed by atoms with E-state index in [2.05, 4.69) is 41.3 Å². The molecule has 1 amide bonds. The number of nitrogens with one attached hydrogen (secondary N) is 2. The van der Waals surface area contributed by atoms with E-state index in [0.717, 1.165) is 44.7 Å². The second-order valence-electron chi connectivity index (χ2n) is 9.38. The molecule has 0 aromatic heterocycles. The number of guanidine groups is 1. The van der Waals surface area contributed by atoms with Gasteiger partial charge in [-0.3, -0.25) is 9.79 Å². The zero-order chi connectivity index (χ0) is 19.7. The van der Waals surface area contributed by atoms with Crippen molar-refractivity contribution >= 4 is 11.9 Å². The number of hydrogen-bond acceptors (Lipinski definition) is 3. The number of carbonyl (C=O) groups is 1. The van der Waals surface area contributed by atoms with E-state index in [4.69, 9.17) is 4.74 Å². The summed E-state index contributed by atoms with van der Waals surface area (Å²) >= 11 is 0. The van der Waals surface area contributed by atoms with E-state index < -0.39 is 0 Å². The molecule has 2 aliphatic carbocycles. The minimum Gasteiger partial charge on any atom is -0.378 e. The molecule has 0 aromatic carbocycles. The first-order valence-corrected chi connectivity index (χ1v) is 10.6. The highest BCUT2D eigenvalue weighted by Gasteiger charge is 2.58. The van der Waals surface area contributed by atoms with Gasteiger partial charge in [-0.2, -0.15) is 0 Å². The highest BCUT2D eigenvalue weighted by molar-refractivity contribution is 5.81. The summed E-state index contributed by atoms with van der Waals surface area (Å²) in [6.07, 6.45) is 7.81. The van der Waals surface area contributed by atoms with Gasteiger partial charge in [-0.1, -0.05) is 33.1 Å². The maximum absolute atomic E-state index is 12.8. The van der Waals surface area contributed by atoms with E-state index in [1.54, 1.807) is 7.11 Å². The number of ether oxygens (including phenoxy) is 1. The maximum Gasteiger partial charge on any atom is 0.225 e. The quantitative estimate of drug-likeness (QED) is 0.583. The number of carbonyl (C=O) groups excluding carboxylic acids is 1. The van der Waals surface area contributed by atoms with Crippen LogP contribution in [-0.2, 0) is 9.53 Å². The second kappa shape index (κ2) is 7.98. The molecule has 0 bridgehead atoms. The average Bonchev–Trinajstić information content (AvgIpc) is 3.15. The lowest BCUT2D eigenvalue weighted by atomic mass is 9.56.